The van der Waals surface area contributed by atoms with Crippen LogP contribution in [-0.2, 0) is 0 Å². The molecule has 1 heterocycles. The second-order valence-corrected chi connectivity index (χ2v) is 5.45. The van der Waals surface area contributed by atoms with E-state index >= 15 is 0 Å². The minimum atomic E-state index is -0.552. The Balaban J connectivity index is 1.87. The third kappa shape index (κ3) is 5.34. The molecule has 0 unspecified atom stereocenters. The Labute approximate surface area is 135 Å². The molecule has 0 radical (unpaired) electrons. The van der Waals surface area contributed by atoms with Crippen LogP contribution in [0.1, 0.15) is 16.8 Å². The van der Waals surface area contributed by atoms with E-state index in [1.54, 1.807) is 24.4 Å². The second kappa shape index (κ2) is 8.24. The number of anilines is 2. The Morgan fingerprint density at radius 3 is 2.65 bits per heavy atom. The van der Waals surface area contributed by atoms with E-state index < -0.39 is 11.7 Å². The summed E-state index contributed by atoms with van der Waals surface area (Å²) in [4.78, 5) is 18.3. The quantitative estimate of drug-likeness (QED) is 0.771. The summed E-state index contributed by atoms with van der Waals surface area (Å²) < 4.78 is 13.5. The molecule has 2 rings (SSSR count). The van der Waals surface area contributed by atoms with E-state index in [-0.39, 0.29) is 5.56 Å². The topological polar surface area (TPSA) is 57.3 Å². The molecule has 1 aromatic heterocycles. The lowest BCUT2D eigenvalue weighted by Gasteiger charge is -2.11. The number of amides is 1. The predicted octanol–water partition coefficient (Wildman–Crippen LogP) is 2.84. The molecule has 0 fully saturated rings. The van der Waals surface area contributed by atoms with Gasteiger partial charge in [-0.2, -0.15) is 0 Å². The van der Waals surface area contributed by atoms with E-state index in [9.17, 15) is 9.18 Å². The summed E-state index contributed by atoms with van der Waals surface area (Å²) in [5.74, 6) is -0.677. The van der Waals surface area contributed by atoms with Crippen LogP contribution >= 0.6 is 0 Å². The van der Waals surface area contributed by atoms with E-state index in [0.717, 1.165) is 25.2 Å². The summed E-state index contributed by atoms with van der Waals surface area (Å²) >= 11 is 0. The molecule has 0 atom stereocenters. The monoisotopic (exact) mass is 316 g/mol. The lowest BCUT2D eigenvalue weighted by Crippen LogP contribution is -2.16. The number of nitrogens with one attached hydrogen (secondary N) is 2. The first-order valence-electron chi connectivity index (χ1n) is 7.47. The van der Waals surface area contributed by atoms with Crippen LogP contribution in [0.5, 0.6) is 0 Å². The number of pyridine rings is 1. The fourth-order valence-corrected chi connectivity index (χ4v) is 2.03. The van der Waals surface area contributed by atoms with Gasteiger partial charge >= 0.3 is 0 Å². The van der Waals surface area contributed by atoms with Crippen molar-refractivity contribution in [1.82, 2.24) is 9.88 Å². The molecule has 0 spiro atoms. The number of benzene rings is 1. The van der Waals surface area contributed by atoms with Gasteiger partial charge < -0.3 is 15.5 Å². The fraction of sp³-hybridized carbons (Fsp3) is 0.294. The van der Waals surface area contributed by atoms with E-state index in [0.29, 0.717) is 5.82 Å². The van der Waals surface area contributed by atoms with Gasteiger partial charge in [0.15, 0.2) is 0 Å². The molecular formula is C17H21FN4O. The summed E-state index contributed by atoms with van der Waals surface area (Å²) in [6, 6.07) is 9.37. The maximum atomic E-state index is 13.5. The zero-order valence-electron chi connectivity index (χ0n) is 13.3. The lowest BCUT2D eigenvalue weighted by atomic mass is 10.2. The van der Waals surface area contributed by atoms with Crippen molar-refractivity contribution in [1.29, 1.82) is 0 Å². The third-order valence-electron chi connectivity index (χ3n) is 3.23. The first-order chi connectivity index (χ1) is 11.1. The molecule has 2 N–H and O–H groups in total. The Kier molecular flexibility index (Phi) is 6.05. The van der Waals surface area contributed by atoms with Crippen molar-refractivity contribution in [3.8, 4) is 0 Å². The van der Waals surface area contributed by atoms with Crippen LogP contribution in [0.25, 0.3) is 0 Å². The van der Waals surface area contributed by atoms with Gasteiger partial charge in [0, 0.05) is 6.54 Å². The molecule has 122 valence electrons. The van der Waals surface area contributed by atoms with Gasteiger partial charge in [-0.15, -0.1) is 0 Å². The standard InChI is InChI=1S/C17H21FN4O/c1-22(2)11-5-10-19-13-8-9-16(20-12-13)21-17(23)14-6-3-4-7-15(14)18/h3-4,6-9,12,19H,5,10-11H2,1-2H3,(H,20,21,23). The molecule has 0 aliphatic rings. The largest absolute Gasteiger partial charge is 0.384 e. The summed E-state index contributed by atoms with van der Waals surface area (Å²) in [7, 11) is 4.07. The Bertz CT molecular complexity index is 643. The van der Waals surface area contributed by atoms with Crippen LogP contribution in [0.4, 0.5) is 15.9 Å². The number of aromatic nitrogens is 1. The number of halogens is 1. The van der Waals surface area contributed by atoms with Crippen LogP contribution in [0, 0.1) is 5.82 Å². The van der Waals surface area contributed by atoms with Gasteiger partial charge in [0.25, 0.3) is 5.91 Å². The molecule has 0 aliphatic carbocycles. The molecule has 2 aromatic rings. The van der Waals surface area contributed by atoms with Crippen molar-refractivity contribution in [2.24, 2.45) is 0 Å². The van der Waals surface area contributed by atoms with Crippen molar-refractivity contribution >= 4 is 17.4 Å². The van der Waals surface area contributed by atoms with Gasteiger partial charge in [0.1, 0.15) is 11.6 Å². The number of hydrogen-bond acceptors (Lipinski definition) is 4. The summed E-state index contributed by atoms with van der Waals surface area (Å²) in [5, 5.41) is 5.84. The zero-order valence-corrected chi connectivity index (χ0v) is 13.3. The van der Waals surface area contributed by atoms with Gasteiger partial charge in [-0.25, -0.2) is 9.37 Å². The van der Waals surface area contributed by atoms with E-state index in [2.05, 4.69) is 20.5 Å². The van der Waals surface area contributed by atoms with Crippen molar-refractivity contribution in [2.45, 2.75) is 6.42 Å². The fourth-order valence-electron chi connectivity index (χ4n) is 2.03. The van der Waals surface area contributed by atoms with Crippen LogP contribution in [0.15, 0.2) is 42.6 Å². The Morgan fingerprint density at radius 1 is 1.22 bits per heavy atom. The highest BCUT2D eigenvalue weighted by molar-refractivity contribution is 6.03. The molecule has 1 aromatic carbocycles. The average Bonchev–Trinajstić information content (AvgIpc) is 2.53. The lowest BCUT2D eigenvalue weighted by molar-refractivity contribution is 0.102. The smallest absolute Gasteiger partial charge is 0.259 e. The Hall–Kier alpha value is -2.47. The van der Waals surface area contributed by atoms with Gasteiger partial charge in [0.05, 0.1) is 17.4 Å². The van der Waals surface area contributed by atoms with E-state index in [4.69, 9.17) is 0 Å². The summed E-state index contributed by atoms with van der Waals surface area (Å²) in [5.41, 5.74) is 0.882. The number of nitrogens with zero attached hydrogens (tertiary/aromatic N) is 2. The van der Waals surface area contributed by atoms with Gasteiger partial charge in [-0.05, 0) is 51.3 Å². The number of carbonyl (C=O) groups is 1. The molecular weight excluding hydrogens is 295 g/mol. The average molecular weight is 316 g/mol. The number of carbonyl (C=O) groups excluding carboxylic acids is 1. The van der Waals surface area contributed by atoms with Gasteiger partial charge in [-0.3, -0.25) is 4.79 Å². The summed E-state index contributed by atoms with van der Waals surface area (Å²) in [6.07, 6.45) is 2.67. The van der Waals surface area contributed by atoms with Crippen molar-refractivity contribution in [2.75, 3.05) is 37.8 Å². The maximum absolute atomic E-state index is 13.5. The minimum absolute atomic E-state index is 0.000173. The number of rotatable bonds is 7. The highest BCUT2D eigenvalue weighted by Gasteiger charge is 2.11. The second-order valence-electron chi connectivity index (χ2n) is 5.45. The zero-order chi connectivity index (χ0) is 16.7. The van der Waals surface area contributed by atoms with E-state index in [1.165, 1.54) is 12.1 Å². The van der Waals surface area contributed by atoms with Crippen molar-refractivity contribution in [3.05, 3.63) is 54.0 Å². The molecule has 23 heavy (non-hydrogen) atoms. The molecule has 6 heteroatoms. The van der Waals surface area contributed by atoms with E-state index in [1.807, 2.05) is 20.2 Å². The predicted molar refractivity (Wildman–Crippen MR) is 90.3 cm³/mol. The van der Waals surface area contributed by atoms with Crippen LogP contribution in [0.3, 0.4) is 0 Å². The molecule has 0 saturated heterocycles. The normalized spacial score (nSPS) is 10.6. The third-order valence-corrected chi connectivity index (χ3v) is 3.23. The van der Waals surface area contributed by atoms with Gasteiger partial charge in [-0.1, -0.05) is 12.1 Å². The van der Waals surface area contributed by atoms with Crippen molar-refractivity contribution < 1.29 is 9.18 Å². The molecule has 5 nitrogen and oxygen atoms in total. The first-order valence-corrected chi connectivity index (χ1v) is 7.47. The summed E-state index contributed by atoms with van der Waals surface area (Å²) in [6.45, 7) is 1.86. The molecule has 1 amide bonds. The SMILES string of the molecule is CN(C)CCCNc1ccc(NC(=O)c2ccccc2F)nc1. The molecule has 0 saturated carbocycles. The minimum Gasteiger partial charge on any atom is -0.384 e. The van der Waals surface area contributed by atoms with Crippen molar-refractivity contribution in [3.63, 3.8) is 0 Å². The van der Waals surface area contributed by atoms with Crippen LogP contribution in [0.2, 0.25) is 0 Å². The Morgan fingerprint density at radius 2 is 2.00 bits per heavy atom. The van der Waals surface area contributed by atoms with Crippen LogP contribution < -0.4 is 10.6 Å². The first kappa shape index (κ1) is 16.9. The van der Waals surface area contributed by atoms with Crippen LogP contribution in [-0.4, -0.2) is 43.0 Å². The highest BCUT2D eigenvalue weighted by atomic mass is 19.1. The van der Waals surface area contributed by atoms with Gasteiger partial charge in [0.2, 0.25) is 0 Å². The maximum Gasteiger partial charge on any atom is 0.259 e. The number of hydrogen-bond donors (Lipinski definition) is 2. The molecule has 0 aliphatic heterocycles. The highest BCUT2D eigenvalue weighted by Crippen LogP contribution is 2.12. The molecule has 0 bridgehead atoms.